The summed E-state index contributed by atoms with van der Waals surface area (Å²) >= 11 is 1.97. The van der Waals surface area contributed by atoms with Crippen molar-refractivity contribution < 1.29 is 9.16 Å². The lowest BCUT2D eigenvalue weighted by Crippen LogP contribution is -2.66. The lowest BCUT2D eigenvalue weighted by molar-refractivity contribution is -0.0269. The monoisotopic (exact) mass is 504 g/mol. The topological polar surface area (TPSA) is 18.5 Å². The molecule has 2 nitrogen and oxygen atoms in total. The molecule has 0 saturated carbocycles. The van der Waals surface area contributed by atoms with E-state index in [1.807, 2.05) is 11.8 Å². The Morgan fingerprint density at radius 3 is 1.91 bits per heavy atom. The van der Waals surface area contributed by atoms with Gasteiger partial charge in [0.1, 0.15) is 0 Å². The Hall–Kier alpha value is -1.85. The molecule has 3 aromatic rings. The van der Waals surface area contributed by atoms with Gasteiger partial charge in [-0.05, 0) is 60.7 Å². The van der Waals surface area contributed by atoms with Gasteiger partial charge in [0, 0.05) is 16.8 Å². The molecule has 1 saturated heterocycles. The molecule has 0 bridgehead atoms. The normalized spacial score (nSPS) is 22.9. The molecule has 0 radical (unpaired) electrons. The average Bonchev–Trinajstić information content (AvgIpc) is 3.13. The zero-order valence-electron chi connectivity index (χ0n) is 21.9. The van der Waals surface area contributed by atoms with Crippen LogP contribution < -0.4 is 10.4 Å². The molecule has 4 rings (SSSR count). The Kier molecular flexibility index (Phi) is 8.27. The van der Waals surface area contributed by atoms with E-state index in [1.54, 1.807) is 0 Å². The van der Waals surface area contributed by atoms with Crippen molar-refractivity contribution >= 4 is 30.5 Å². The summed E-state index contributed by atoms with van der Waals surface area (Å²) in [6.45, 7) is 12.3. The molecule has 0 unspecified atom stereocenters. The summed E-state index contributed by atoms with van der Waals surface area (Å²) in [4.78, 5) is 1.32. The first-order valence-corrected chi connectivity index (χ1v) is 15.7. The van der Waals surface area contributed by atoms with Crippen molar-refractivity contribution in [2.24, 2.45) is 0 Å². The van der Waals surface area contributed by atoms with Crippen LogP contribution in [0.2, 0.25) is 5.04 Å². The third-order valence-electron chi connectivity index (χ3n) is 7.27. The van der Waals surface area contributed by atoms with Crippen molar-refractivity contribution in [3.05, 3.63) is 91.0 Å². The Morgan fingerprint density at radius 2 is 1.40 bits per heavy atom. The summed E-state index contributed by atoms with van der Waals surface area (Å²) in [6.07, 6.45) is 3.37. The maximum atomic E-state index is 7.13. The van der Waals surface area contributed by atoms with E-state index in [9.17, 15) is 0 Å². The van der Waals surface area contributed by atoms with Gasteiger partial charge in [0.15, 0.2) is 0 Å². The fraction of sp³-hybridized carbons (Fsp3) is 0.419. The lowest BCUT2D eigenvalue weighted by Gasteiger charge is -2.43. The first kappa shape index (κ1) is 26.2. The minimum atomic E-state index is -2.49. The SMILES string of the molecule is C[C@H]1C[C@@H](Sc2ccccc2)[C@](C)(CCCO[Si](c2ccccc2)(c2ccccc2)C(C)(C)C)O1. The van der Waals surface area contributed by atoms with Crippen molar-refractivity contribution in [1.29, 1.82) is 0 Å². The molecular formula is C31H40O2SSi. The first-order chi connectivity index (χ1) is 16.7. The van der Waals surface area contributed by atoms with Crippen LogP contribution in [-0.4, -0.2) is 31.9 Å². The second-order valence-corrected chi connectivity index (χ2v) is 16.6. The van der Waals surface area contributed by atoms with Gasteiger partial charge in [-0.3, -0.25) is 0 Å². The van der Waals surface area contributed by atoms with Crippen molar-refractivity contribution in [2.75, 3.05) is 6.61 Å². The van der Waals surface area contributed by atoms with Gasteiger partial charge in [0.05, 0.1) is 11.7 Å². The molecule has 4 heteroatoms. The van der Waals surface area contributed by atoms with E-state index in [0.717, 1.165) is 25.9 Å². The van der Waals surface area contributed by atoms with E-state index >= 15 is 0 Å². The number of thioether (sulfide) groups is 1. The Labute approximate surface area is 217 Å². The molecule has 1 aliphatic heterocycles. The quantitative estimate of drug-likeness (QED) is 0.229. The molecule has 1 fully saturated rings. The fourth-order valence-electron chi connectivity index (χ4n) is 5.60. The van der Waals surface area contributed by atoms with Crippen LogP contribution in [0.3, 0.4) is 0 Å². The van der Waals surface area contributed by atoms with Gasteiger partial charge in [0.2, 0.25) is 0 Å². The van der Waals surface area contributed by atoms with Crippen molar-refractivity contribution in [3.63, 3.8) is 0 Å². The third kappa shape index (κ3) is 5.77. The van der Waals surface area contributed by atoms with Crippen LogP contribution in [0.5, 0.6) is 0 Å². The number of benzene rings is 3. The van der Waals surface area contributed by atoms with E-state index in [0.29, 0.717) is 11.4 Å². The summed E-state index contributed by atoms with van der Waals surface area (Å²) in [5.41, 5.74) is -0.144. The second-order valence-electron chi connectivity index (χ2n) is 11.0. The molecule has 0 N–H and O–H groups in total. The van der Waals surface area contributed by atoms with Gasteiger partial charge in [-0.1, -0.05) is 99.6 Å². The summed E-state index contributed by atoms with van der Waals surface area (Å²) in [6, 6.07) is 32.6. The highest BCUT2D eigenvalue weighted by molar-refractivity contribution is 8.00. The molecule has 1 heterocycles. The number of hydrogen-bond acceptors (Lipinski definition) is 3. The second kappa shape index (κ2) is 11.0. The van der Waals surface area contributed by atoms with Gasteiger partial charge >= 0.3 is 0 Å². The Bertz CT molecular complexity index is 1010. The molecule has 0 aromatic heterocycles. The molecule has 1 aliphatic rings. The largest absolute Gasteiger partial charge is 0.407 e. The van der Waals surface area contributed by atoms with Crippen LogP contribution in [0.4, 0.5) is 0 Å². The molecule has 0 amide bonds. The van der Waals surface area contributed by atoms with Crippen LogP contribution in [0.15, 0.2) is 95.9 Å². The summed E-state index contributed by atoms with van der Waals surface area (Å²) in [5, 5.41) is 3.14. The number of hydrogen-bond donors (Lipinski definition) is 0. The highest BCUT2D eigenvalue weighted by Crippen LogP contribution is 2.44. The summed E-state index contributed by atoms with van der Waals surface area (Å²) < 4.78 is 13.7. The Balaban J connectivity index is 1.52. The molecule has 186 valence electrons. The van der Waals surface area contributed by atoms with Gasteiger partial charge < -0.3 is 9.16 Å². The maximum absolute atomic E-state index is 7.13. The van der Waals surface area contributed by atoms with Crippen LogP contribution in [0, 0.1) is 0 Å². The highest BCUT2D eigenvalue weighted by atomic mass is 32.2. The van der Waals surface area contributed by atoms with Crippen LogP contribution in [0.25, 0.3) is 0 Å². The summed E-state index contributed by atoms with van der Waals surface area (Å²) in [7, 11) is -2.49. The summed E-state index contributed by atoms with van der Waals surface area (Å²) in [5.74, 6) is 0. The van der Waals surface area contributed by atoms with E-state index in [4.69, 9.17) is 9.16 Å². The highest BCUT2D eigenvalue weighted by Gasteiger charge is 2.50. The van der Waals surface area contributed by atoms with Gasteiger partial charge in [-0.2, -0.15) is 0 Å². The van der Waals surface area contributed by atoms with Crippen LogP contribution in [0.1, 0.15) is 53.9 Å². The van der Waals surface area contributed by atoms with Gasteiger partial charge in [0.25, 0.3) is 8.32 Å². The van der Waals surface area contributed by atoms with Crippen molar-refractivity contribution in [1.82, 2.24) is 0 Å². The lowest BCUT2D eigenvalue weighted by atomic mass is 9.96. The van der Waals surface area contributed by atoms with E-state index in [1.165, 1.54) is 15.3 Å². The van der Waals surface area contributed by atoms with Crippen LogP contribution >= 0.6 is 11.8 Å². The standard InChI is InChI=1S/C31H40O2SSi/c1-25-24-29(34-26-16-9-6-10-17-26)31(5,33-25)22-15-23-32-35(30(2,3)4,27-18-11-7-12-19-27)28-20-13-8-14-21-28/h6-14,16-21,25,29H,15,22-24H2,1-5H3/t25-,29+,31-/m0/s1. The van der Waals surface area contributed by atoms with E-state index < -0.39 is 8.32 Å². The third-order valence-corrected chi connectivity index (χ3v) is 13.8. The van der Waals surface area contributed by atoms with E-state index in [2.05, 4.69) is 126 Å². The number of ether oxygens (including phenoxy) is 1. The Morgan fingerprint density at radius 1 is 0.886 bits per heavy atom. The number of rotatable bonds is 9. The molecule has 35 heavy (non-hydrogen) atoms. The fourth-order valence-corrected chi connectivity index (χ4v) is 11.6. The van der Waals surface area contributed by atoms with Crippen molar-refractivity contribution in [3.8, 4) is 0 Å². The zero-order chi connectivity index (χ0) is 24.9. The smallest absolute Gasteiger partial charge is 0.261 e. The molecule has 3 atom stereocenters. The maximum Gasteiger partial charge on any atom is 0.261 e. The molecule has 0 aliphatic carbocycles. The van der Waals surface area contributed by atoms with Gasteiger partial charge in [-0.25, -0.2) is 0 Å². The predicted molar refractivity (Wildman–Crippen MR) is 152 cm³/mol. The van der Waals surface area contributed by atoms with Crippen molar-refractivity contribution in [2.45, 2.75) is 80.8 Å². The minimum Gasteiger partial charge on any atom is -0.407 e. The molecular weight excluding hydrogens is 464 g/mol. The predicted octanol–water partition coefficient (Wildman–Crippen LogP) is 7.07. The van der Waals surface area contributed by atoms with E-state index in [-0.39, 0.29) is 10.6 Å². The molecule has 3 aromatic carbocycles. The molecule has 0 spiro atoms. The average molecular weight is 505 g/mol. The van der Waals surface area contributed by atoms with Gasteiger partial charge in [-0.15, -0.1) is 11.8 Å². The van der Waals surface area contributed by atoms with Crippen LogP contribution in [-0.2, 0) is 9.16 Å². The first-order valence-electron chi connectivity index (χ1n) is 12.9. The zero-order valence-corrected chi connectivity index (χ0v) is 23.7. The minimum absolute atomic E-state index is 0.00365.